The van der Waals surface area contributed by atoms with Gasteiger partial charge in [-0.1, -0.05) is 27.7 Å². The van der Waals surface area contributed by atoms with Crippen molar-refractivity contribution in [1.82, 2.24) is 9.88 Å². The van der Waals surface area contributed by atoms with Crippen molar-refractivity contribution >= 4 is 34.1 Å². The lowest BCUT2D eigenvalue weighted by Gasteiger charge is -2.18. The van der Waals surface area contributed by atoms with Crippen molar-refractivity contribution in [3.05, 3.63) is 78.5 Å². The van der Waals surface area contributed by atoms with Crippen LogP contribution in [0.1, 0.15) is 34.1 Å². The first kappa shape index (κ1) is 33.6. The topological polar surface area (TPSA) is 102 Å². The lowest BCUT2D eigenvalue weighted by Crippen LogP contribution is -2.38. The number of carbonyl (C=O) groups excluding carboxylic acids is 2. The Labute approximate surface area is 273 Å². The first-order valence-electron chi connectivity index (χ1n) is 15.8. The highest BCUT2D eigenvalue weighted by atomic mass is 19.1. The second kappa shape index (κ2) is 14.3. The van der Waals surface area contributed by atoms with Crippen LogP contribution in [0.25, 0.3) is 10.9 Å². The number of hydrogen-bond donors (Lipinski definition) is 2. The number of halogens is 2. The van der Waals surface area contributed by atoms with E-state index in [1.54, 1.807) is 31.5 Å². The number of rotatable bonds is 14. The molecule has 0 bridgehead atoms. The number of anilines is 2. The third-order valence-electron chi connectivity index (χ3n) is 9.10. The van der Waals surface area contributed by atoms with E-state index in [0.717, 1.165) is 32.1 Å². The first-order chi connectivity index (χ1) is 22.6. The number of fused-ring (bicyclic) bond motifs is 1. The van der Waals surface area contributed by atoms with Crippen LogP contribution in [0.3, 0.4) is 0 Å². The van der Waals surface area contributed by atoms with Crippen LogP contribution in [0.15, 0.2) is 66.9 Å². The van der Waals surface area contributed by atoms with E-state index in [-0.39, 0.29) is 23.3 Å². The van der Waals surface area contributed by atoms with Gasteiger partial charge in [0.2, 0.25) is 11.8 Å². The molecule has 11 heteroatoms. The monoisotopic (exact) mass is 646 g/mol. The summed E-state index contributed by atoms with van der Waals surface area (Å²) in [6.45, 7) is 11.3. The largest absolute Gasteiger partial charge is 0.493 e. The van der Waals surface area contributed by atoms with Gasteiger partial charge in [0.05, 0.1) is 19.2 Å². The average molecular weight is 647 g/mol. The van der Waals surface area contributed by atoms with Crippen molar-refractivity contribution in [2.24, 2.45) is 17.3 Å². The number of carbonyl (C=O) groups is 2. The highest BCUT2D eigenvalue weighted by Crippen LogP contribution is 2.59. The third kappa shape index (κ3) is 7.00. The zero-order valence-electron chi connectivity index (χ0n) is 27.2. The predicted octanol–water partition coefficient (Wildman–Crippen LogP) is 7.27. The van der Waals surface area contributed by atoms with Crippen LogP contribution in [0.4, 0.5) is 20.2 Å². The molecule has 0 saturated heterocycles. The van der Waals surface area contributed by atoms with Crippen molar-refractivity contribution in [2.45, 2.75) is 34.1 Å². The Hall–Kier alpha value is -4.77. The molecule has 4 aromatic rings. The molecular weight excluding hydrogens is 606 g/mol. The summed E-state index contributed by atoms with van der Waals surface area (Å²) in [7, 11) is 1.55. The molecule has 1 aromatic heterocycles. The van der Waals surface area contributed by atoms with Crippen LogP contribution in [0, 0.1) is 28.9 Å². The Morgan fingerprint density at radius 1 is 0.851 bits per heavy atom. The maximum Gasteiger partial charge on any atom is 0.240 e. The van der Waals surface area contributed by atoms with Crippen molar-refractivity contribution in [2.75, 3.05) is 44.0 Å². The smallest absolute Gasteiger partial charge is 0.240 e. The molecule has 248 valence electrons. The molecule has 1 aliphatic carbocycles. The molecule has 1 saturated carbocycles. The summed E-state index contributed by atoms with van der Waals surface area (Å²) in [6.07, 6.45) is 2.42. The van der Waals surface area contributed by atoms with Crippen molar-refractivity contribution in [1.29, 1.82) is 0 Å². The quantitative estimate of drug-likeness (QED) is 0.110. The van der Waals surface area contributed by atoms with Gasteiger partial charge in [0.15, 0.2) is 23.1 Å². The molecule has 1 fully saturated rings. The van der Waals surface area contributed by atoms with Crippen LogP contribution in [0.5, 0.6) is 23.0 Å². The van der Waals surface area contributed by atoms with Crippen LogP contribution in [-0.4, -0.2) is 55.0 Å². The molecule has 3 aromatic carbocycles. The number of methoxy groups -OCH3 is 1. The van der Waals surface area contributed by atoms with Gasteiger partial charge in [0, 0.05) is 41.6 Å². The average Bonchev–Trinajstić information content (AvgIpc) is 3.63. The summed E-state index contributed by atoms with van der Waals surface area (Å²) in [4.78, 5) is 33.5. The maximum atomic E-state index is 15.4. The zero-order chi connectivity index (χ0) is 33.7. The predicted molar refractivity (Wildman–Crippen MR) is 177 cm³/mol. The Morgan fingerprint density at radius 2 is 1.51 bits per heavy atom. The molecule has 5 rings (SSSR count). The number of hydrogen-bond acceptors (Lipinski definition) is 7. The SMILES string of the molecule is CCN(CC)CCCOc1cc2nccc(Oc3ccc(NC(=O)C4(C(=O)Nc5ccc(F)cc5)C(C)[C@H]4C)cc3F)c2cc1OC. The lowest BCUT2D eigenvalue weighted by molar-refractivity contribution is -0.132. The van der Waals surface area contributed by atoms with Gasteiger partial charge in [-0.15, -0.1) is 0 Å². The highest BCUT2D eigenvalue weighted by molar-refractivity contribution is 6.17. The summed E-state index contributed by atoms with van der Waals surface area (Å²) < 4.78 is 46.3. The van der Waals surface area contributed by atoms with Crippen LogP contribution < -0.4 is 24.8 Å². The van der Waals surface area contributed by atoms with Gasteiger partial charge in [0.1, 0.15) is 17.0 Å². The number of ether oxygens (including phenoxy) is 3. The second-order valence-corrected chi connectivity index (χ2v) is 11.7. The van der Waals surface area contributed by atoms with E-state index in [1.165, 1.54) is 36.4 Å². The van der Waals surface area contributed by atoms with Gasteiger partial charge in [0.25, 0.3) is 0 Å². The summed E-state index contributed by atoms with van der Waals surface area (Å²) in [5.41, 5.74) is -0.228. The Balaban J connectivity index is 1.29. The van der Waals surface area contributed by atoms with Crippen LogP contribution in [0.2, 0.25) is 0 Å². The molecule has 0 aliphatic heterocycles. The van der Waals surface area contributed by atoms with Crippen molar-refractivity contribution in [3.63, 3.8) is 0 Å². The van der Waals surface area contributed by atoms with Crippen molar-refractivity contribution in [3.8, 4) is 23.0 Å². The Kier molecular flexibility index (Phi) is 10.2. The summed E-state index contributed by atoms with van der Waals surface area (Å²) in [6, 6.07) is 14.5. The molecule has 0 radical (unpaired) electrons. The minimum atomic E-state index is -1.36. The van der Waals surface area contributed by atoms with Gasteiger partial charge >= 0.3 is 0 Å². The summed E-state index contributed by atoms with van der Waals surface area (Å²) in [5, 5.41) is 6.01. The molecule has 2 N–H and O–H groups in total. The lowest BCUT2D eigenvalue weighted by atomic mass is 9.99. The molecule has 3 atom stereocenters. The van der Waals surface area contributed by atoms with Crippen LogP contribution in [-0.2, 0) is 9.59 Å². The maximum absolute atomic E-state index is 15.4. The van der Waals surface area contributed by atoms with E-state index in [1.807, 2.05) is 13.8 Å². The number of benzene rings is 3. The fraction of sp³-hybridized carbons (Fsp3) is 0.361. The van der Waals surface area contributed by atoms with E-state index in [9.17, 15) is 14.0 Å². The molecule has 47 heavy (non-hydrogen) atoms. The number of nitrogens with one attached hydrogen (secondary N) is 2. The fourth-order valence-corrected chi connectivity index (χ4v) is 5.99. The van der Waals surface area contributed by atoms with E-state index in [4.69, 9.17) is 14.2 Å². The van der Waals surface area contributed by atoms with E-state index in [0.29, 0.717) is 40.4 Å². The molecule has 2 amide bonds. The fourth-order valence-electron chi connectivity index (χ4n) is 5.99. The van der Waals surface area contributed by atoms with Crippen molar-refractivity contribution < 1.29 is 32.6 Å². The van der Waals surface area contributed by atoms with Gasteiger partial charge in [-0.3, -0.25) is 14.6 Å². The molecule has 0 spiro atoms. The number of amides is 2. The molecule has 1 heterocycles. The number of nitrogens with zero attached hydrogens (tertiary/aromatic N) is 2. The first-order valence-corrected chi connectivity index (χ1v) is 15.8. The Morgan fingerprint density at radius 3 is 2.13 bits per heavy atom. The molecule has 9 nitrogen and oxygen atoms in total. The number of aromatic nitrogens is 1. The second-order valence-electron chi connectivity index (χ2n) is 11.7. The molecule has 2 unspecified atom stereocenters. The standard InChI is InChI=1S/C36H40F2N4O5/c1-6-42(7-2)17-8-18-46-33-21-29-27(20-32(33)45-5)30(15-16-39-29)47-31-14-13-26(19-28(31)38)41-35(44)36(22(3)23(36)4)34(43)40-25-11-9-24(37)10-12-25/h9-16,19-23H,6-8,17-18H2,1-5H3,(H,40,43)(H,41,44)/t22-,23?,36?/m1/s1. The van der Waals surface area contributed by atoms with E-state index < -0.39 is 28.9 Å². The highest BCUT2D eigenvalue weighted by Gasteiger charge is 2.69. The number of pyridine rings is 1. The van der Waals surface area contributed by atoms with E-state index >= 15 is 4.39 Å². The normalized spacial score (nSPS) is 18.6. The summed E-state index contributed by atoms with van der Waals surface area (Å²) in [5.74, 6) is -1.38. The zero-order valence-corrected chi connectivity index (χ0v) is 27.2. The van der Waals surface area contributed by atoms with Crippen LogP contribution >= 0.6 is 0 Å². The minimum absolute atomic E-state index is 0.0666. The third-order valence-corrected chi connectivity index (χ3v) is 9.10. The van der Waals surface area contributed by atoms with Gasteiger partial charge in [-0.2, -0.15) is 0 Å². The molecule has 1 aliphatic rings. The van der Waals surface area contributed by atoms with E-state index in [2.05, 4.69) is 34.4 Å². The molecular formula is C36H40F2N4O5. The Bertz CT molecular complexity index is 1740. The van der Waals surface area contributed by atoms with Gasteiger partial charge in [-0.25, -0.2) is 8.78 Å². The minimum Gasteiger partial charge on any atom is -0.493 e. The van der Waals surface area contributed by atoms with Gasteiger partial charge < -0.3 is 29.7 Å². The van der Waals surface area contributed by atoms with Gasteiger partial charge in [-0.05, 0) is 79.9 Å². The summed E-state index contributed by atoms with van der Waals surface area (Å²) >= 11 is 0.